The molecule has 1 saturated heterocycles. The van der Waals surface area contributed by atoms with Crippen molar-refractivity contribution in [1.29, 1.82) is 0 Å². The lowest BCUT2D eigenvalue weighted by Crippen LogP contribution is -2.56. The summed E-state index contributed by atoms with van der Waals surface area (Å²) >= 11 is 5.33. The Morgan fingerprint density at radius 3 is 2.67 bits per heavy atom. The predicted octanol–water partition coefficient (Wildman–Crippen LogP) is 0.935. The number of rotatable bonds is 2. The van der Waals surface area contributed by atoms with Crippen molar-refractivity contribution in [3.05, 3.63) is 0 Å². The number of hydrogen-bond acceptors (Lipinski definition) is 5. The molecule has 0 spiro atoms. The van der Waals surface area contributed by atoms with Crippen molar-refractivity contribution in [3.63, 3.8) is 0 Å². The Kier molecular flexibility index (Phi) is 5.22. The number of nitrogens with one attached hydrogen (secondary N) is 1. The van der Waals surface area contributed by atoms with E-state index in [2.05, 4.69) is 5.32 Å². The molecule has 1 atom stereocenters. The second kappa shape index (κ2) is 6.24. The van der Waals surface area contributed by atoms with Gasteiger partial charge in [0, 0.05) is 13.1 Å². The minimum Gasteiger partial charge on any atom is -0.448 e. The van der Waals surface area contributed by atoms with Gasteiger partial charge in [0.25, 0.3) is 0 Å². The van der Waals surface area contributed by atoms with E-state index in [4.69, 9.17) is 21.1 Å². The molecule has 1 heterocycles. The smallest absolute Gasteiger partial charge is 0.410 e. The Morgan fingerprint density at radius 1 is 1.44 bits per heavy atom. The Bertz CT molecular complexity index is 317. The summed E-state index contributed by atoms with van der Waals surface area (Å²) in [6.07, 6.45) is -0.423. The van der Waals surface area contributed by atoms with Crippen LogP contribution in [-0.2, 0) is 14.3 Å². The number of alkyl halides is 1. The lowest BCUT2D eigenvalue weighted by Gasteiger charge is -2.33. The van der Waals surface area contributed by atoms with Gasteiger partial charge in [-0.1, -0.05) is 11.6 Å². The van der Waals surface area contributed by atoms with Crippen LogP contribution in [0.4, 0.5) is 4.79 Å². The largest absolute Gasteiger partial charge is 0.448 e. The van der Waals surface area contributed by atoms with E-state index >= 15 is 0 Å². The van der Waals surface area contributed by atoms with Gasteiger partial charge in [-0.15, -0.1) is 0 Å². The third-order valence-corrected chi connectivity index (χ3v) is 2.42. The van der Waals surface area contributed by atoms with Crippen LogP contribution in [0.15, 0.2) is 0 Å². The van der Waals surface area contributed by atoms with E-state index in [1.54, 1.807) is 20.8 Å². The summed E-state index contributed by atoms with van der Waals surface area (Å²) in [7, 11) is 0. The summed E-state index contributed by atoms with van der Waals surface area (Å²) in [6, 6.07) is -0.742. The highest BCUT2D eigenvalue weighted by molar-refractivity contribution is 6.17. The van der Waals surface area contributed by atoms with E-state index in [-0.39, 0.29) is 12.6 Å². The number of amides is 1. The van der Waals surface area contributed by atoms with Crippen LogP contribution >= 0.6 is 11.6 Å². The fourth-order valence-electron chi connectivity index (χ4n) is 1.55. The topological polar surface area (TPSA) is 67.9 Å². The zero-order valence-corrected chi connectivity index (χ0v) is 11.6. The number of ether oxygens (including phenoxy) is 2. The molecule has 0 aromatic carbocycles. The van der Waals surface area contributed by atoms with Gasteiger partial charge in [-0.05, 0) is 20.8 Å². The molecular weight excluding hydrogens is 260 g/mol. The lowest BCUT2D eigenvalue weighted by molar-refractivity contribution is -0.145. The van der Waals surface area contributed by atoms with Gasteiger partial charge in [0.2, 0.25) is 0 Å². The maximum absolute atomic E-state index is 11.8. The van der Waals surface area contributed by atoms with Gasteiger partial charge >= 0.3 is 12.1 Å². The first kappa shape index (κ1) is 15.0. The first-order valence-electron chi connectivity index (χ1n) is 5.77. The number of nitrogens with zero attached hydrogens (tertiary/aromatic N) is 1. The van der Waals surface area contributed by atoms with Gasteiger partial charge in [0.15, 0.2) is 6.07 Å². The Labute approximate surface area is 112 Å². The summed E-state index contributed by atoms with van der Waals surface area (Å²) in [4.78, 5) is 24.8. The van der Waals surface area contributed by atoms with Crippen molar-refractivity contribution in [2.45, 2.75) is 32.4 Å². The molecule has 1 rings (SSSR count). The monoisotopic (exact) mass is 278 g/mol. The molecule has 0 radical (unpaired) electrons. The summed E-state index contributed by atoms with van der Waals surface area (Å²) < 4.78 is 9.94. The molecule has 7 heteroatoms. The Hall–Kier alpha value is -1.01. The predicted molar refractivity (Wildman–Crippen MR) is 66.4 cm³/mol. The van der Waals surface area contributed by atoms with Crippen molar-refractivity contribution in [2.75, 3.05) is 25.7 Å². The van der Waals surface area contributed by atoms with Gasteiger partial charge in [-0.3, -0.25) is 4.79 Å². The number of carbonyl (C=O) groups excluding carboxylic acids is 2. The molecule has 1 N–H and O–H groups in total. The average molecular weight is 279 g/mol. The van der Waals surface area contributed by atoms with Crippen LogP contribution in [0.5, 0.6) is 0 Å². The zero-order valence-electron chi connectivity index (χ0n) is 10.9. The molecular formula is C11H19ClN2O4. The van der Waals surface area contributed by atoms with Crippen LogP contribution in [-0.4, -0.2) is 54.3 Å². The van der Waals surface area contributed by atoms with E-state index in [1.165, 1.54) is 4.90 Å². The first-order chi connectivity index (χ1) is 8.33. The van der Waals surface area contributed by atoms with Crippen molar-refractivity contribution in [2.24, 2.45) is 0 Å². The third-order valence-electron chi connectivity index (χ3n) is 2.31. The number of piperazine rings is 1. The molecule has 0 saturated carbocycles. The van der Waals surface area contributed by atoms with Crippen LogP contribution in [0.2, 0.25) is 0 Å². The van der Waals surface area contributed by atoms with Gasteiger partial charge in [0.05, 0.1) is 6.54 Å². The van der Waals surface area contributed by atoms with Crippen molar-refractivity contribution in [1.82, 2.24) is 10.2 Å². The lowest BCUT2D eigenvalue weighted by atomic mass is 10.2. The molecule has 1 aliphatic heterocycles. The van der Waals surface area contributed by atoms with Crippen LogP contribution in [0.3, 0.4) is 0 Å². The van der Waals surface area contributed by atoms with E-state index in [0.29, 0.717) is 13.1 Å². The van der Waals surface area contributed by atoms with Crippen molar-refractivity contribution in [3.8, 4) is 0 Å². The van der Waals surface area contributed by atoms with Gasteiger partial charge in [0.1, 0.15) is 11.6 Å². The molecule has 18 heavy (non-hydrogen) atoms. The van der Waals surface area contributed by atoms with Crippen LogP contribution in [0, 0.1) is 0 Å². The normalized spacial score (nSPS) is 20.4. The fraction of sp³-hybridized carbons (Fsp3) is 0.818. The highest BCUT2D eigenvalue weighted by Gasteiger charge is 2.31. The van der Waals surface area contributed by atoms with Crippen molar-refractivity contribution < 1.29 is 19.1 Å². The summed E-state index contributed by atoms with van der Waals surface area (Å²) in [6.45, 7) is 6.64. The SMILES string of the molecule is CC(C)(C)OC(=O)N1CCNC(C(=O)OCCl)C1. The van der Waals surface area contributed by atoms with Gasteiger partial charge < -0.3 is 19.7 Å². The summed E-state index contributed by atoms with van der Waals surface area (Å²) in [5.74, 6) is -0.460. The molecule has 0 aromatic rings. The number of carbonyl (C=O) groups is 2. The van der Waals surface area contributed by atoms with E-state index < -0.39 is 23.7 Å². The minimum absolute atomic E-state index is 0.191. The van der Waals surface area contributed by atoms with Crippen LogP contribution in [0.1, 0.15) is 20.8 Å². The second-order valence-corrected chi connectivity index (χ2v) is 5.22. The molecule has 0 aromatic heterocycles. The molecule has 6 nitrogen and oxygen atoms in total. The first-order valence-corrected chi connectivity index (χ1v) is 6.31. The number of esters is 1. The maximum Gasteiger partial charge on any atom is 0.410 e. The highest BCUT2D eigenvalue weighted by Crippen LogP contribution is 2.11. The van der Waals surface area contributed by atoms with Gasteiger partial charge in [-0.25, -0.2) is 4.79 Å². The summed E-state index contributed by atoms with van der Waals surface area (Å²) in [5, 5.41) is 2.97. The van der Waals surface area contributed by atoms with Crippen molar-refractivity contribution >= 4 is 23.7 Å². The fourth-order valence-corrected chi connectivity index (χ4v) is 1.66. The quantitative estimate of drug-likeness (QED) is 0.601. The Balaban J connectivity index is 2.53. The number of hydrogen-bond donors (Lipinski definition) is 1. The Morgan fingerprint density at radius 2 is 2.11 bits per heavy atom. The standard InChI is InChI=1S/C11H19ClN2O4/c1-11(2,3)18-10(16)14-5-4-13-8(6-14)9(15)17-7-12/h8,13H,4-7H2,1-3H3. The van der Waals surface area contributed by atoms with E-state index in [1.807, 2.05) is 0 Å². The average Bonchev–Trinajstić information content (AvgIpc) is 2.27. The summed E-state index contributed by atoms with van der Waals surface area (Å²) in [5.41, 5.74) is -0.548. The van der Waals surface area contributed by atoms with Gasteiger partial charge in [-0.2, -0.15) is 0 Å². The van der Waals surface area contributed by atoms with E-state index in [0.717, 1.165) is 0 Å². The maximum atomic E-state index is 11.8. The zero-order chi connectivity index (χ0) is 13.8. The highest BCUT2D eigenvalue weighted by atomic mass is 35.5. The second-order valence-electron chi connectivity index (χ2n) is 5.01. The van der Waals surface area contributed by atoms with Crippen LogP contribution in [0.25, 0.3) is 0 Å². The third kappa shape index (κ3) is 4.70. The molecule has 0 bridgehead atoms. The number of halogens is 1. The molecule has 104 valence electrons. The molecule has 1 aliphatic rings. The molecule has 0 aliphatic carbocycles. The molecule has 1 amide bonds. The molecule has 1 unspecified atom stereocenters. The minimum atomic E-state index is -0.551. The van der Waals surface area contributed by atoms with Crippen LogP contribution < -0.4 is 5.32 Å². The van der Waals surface area contributed by atoms with E-state index in [9.17, 15) is 9.59 Å². The molecule has 1 fully saturated rings.